The average molecular weight is 310 g/mol. The van der Waals surface area contributed by atoms with Crippen LogP contribution in [0.5, 0.6) is 0 Å². The molecule has 18 heavy (non-hydrogen) atoms. The minimum Gasteiger partial charge on any atom is -0.465 e. The number of fused-ring (bicyclic) bond motifs is 1. The number of hydrogen-bond acceptors (Lipinski definition) is 2. The molecule has 1 atom stereocenters. The van der Waals surface area contributed by atoms with Crippen molar-refractivity contribution in [2.24, 2.45) is 0 Å². The number of carboxylic acid groups (broad SMARTS) is 1. The molecule has 0 aromatic carbocycles. The van der Waals surface area contributed by atoms with E-state index in [-0.39, 0.29) is 6.04 Å². The molecule has 0 aliphatic carbocycles. The number of nitrogens with zero attached hydrogens (tertiary/aromatic N) is 3. The molecular formula is C12H12BrN3O2. The first-order valence-corrected chi connectivity index (χ1v) is 6.55. The minimum absolute atomic E-state index is 0.181. The summed E-state index contributed by atoms with van der Waals surface area (Å²) >= 11 is 3.37. The second-order valence-corrected chi connectivity index (χ2v) is 5.25. The number of rotatable bonds is 1. The Bertz CT molecular complexity index is 610. The largest absolute Gasteiger partial charge is 0.465 e. The van der Waals surface area contributed by atoms with Gasteiger partial charge in [0.2, 0.25) is 0 Å². The highest BCUT2D eigenvalue weighted by Gasteiger charge is 2.27. The van der Waals surface area contributed by atoms with E-state index in [9.17, 15) is 4.79 Å². The highest BCUT2D eigenvalue weighted by Crippen LogP contribution is 2.27. The number of carbonyl (C=O) groups is 1. The van der Waals surface area contributed by atoms with E-state index in [4.69, 9.17) is 5.11 Å². The SMILES string of the molecule is O=C(O)N1CC[C@@H](n2ccc3ccc(Br)nc32)C1. The maximum atomic E-state index is 10.9. The lowest BCUT2D eigenvalue weighted by Crippen LogP contribution is -2.27. The molecule has 5 nitrogen and oxygen atoms in total. The van der Waals surface area contributed by atoms with Crippen molar-refractivity contribution < 1.29 is 9.90 Å². The molecule has 0 spiro atoms. The molecule has 0 bridgehead atoms. The van der Waals surface area contributed by atoms with Gasteiger partial charge >= 0.3 is 6.09 Å². The molecule has 1 aliphatic heterocycles. The lowest BCUT2D eigenvalue weighted by atomic mass is 10.2. The molecule has 1 N–H and O–H groups in total. The van der Waals surface area contributed by atoms with Crippen molar-refractivity contribution in [2.75, 3.05) is 13.1 Å². The molecule has 1 saturated heterocycles. The van der Waals surface area contributed by atoms with Crippen LogP contribution < -0.4 is 0 Å². The second kappa shape index (κ2) is 4.28. The molecule has 3 rings (SSSR count). The second-order valence-electron chi connectivity index (χ2n) is 4.44. The van der Waals surface area contributed by atoms with Gasteiger partial charge < -0.3 is 14.6 Å². The Balaban J connectivity index is 1.95. The summed E-state index contributed by atoms with van der Waals surface area (Å²) in [5, 5.41) is 10.1. The van der Waals surface area contributed by atoms with Gasteiger partial charge in [-0.25, -0.2) is 9.78 Å². The fourth-order valence-electron chi connectivity index (χ4n) is 2.44. The number of pyridine rings is 1. The summed E-state index contributed by atoms with van der Waals surface area (Å²) in [5.41, 5.74) is 0.904. The van der Waals surface area contributed by atoms with Crippen LogP contribution >= 0.6 is 15.9 Å². The van der Waals surface area contributed by atoms with Gasteiger partial charge in [0.15, 0.2) is 0 Å². The summed E-state index contributed by atoms with van der Waals surface area (Å²) in [6.45, 7) is 1.13. The van der Waals surface area contributed by atoms with Crippen LogP contribution in [-0.4, -0.2) is 38.7 Å². The van der Waals surface area contributed by atoms with Crippen molar-refractivity contribution in [3.63, 3.8) is 0 Å². The first-order chi connectivity index (χ1) is 8.65. The smallest absolute Gasteiger partial charge is 0.407 e. The monoisotopic (exact) mass is 309 g/mol. The van der Waals surface area contributed by atoms with Crippen molar-refractivity contribution in [3.05, 3.63) is 29.0 Å². The molecule has 6 heteroatoms. The summed E-state index contributed by atoms with van der Waals surface area (Å²) in [4.78, 5) is 16.8. The minimum atomic E-state index is -0.844. The summed E-state index contributed by atoms with van der Waals surface area (Å²) in [6, 6.07) is 6.11. The molecule has 0 radical (unpaired) electrons. The predicted molar refractivity (Wildman–Crippen MR) is 70.7 cm³/mol. The van der Waals surface area contributed by atoms with Crippen LogP contribution in [0.25, 0.3) is 11.0 Å². The number of hydrogen-bond donors (Lipinski definition) is 1. The van der Waals surface area contributed by atoms with E-state index in [1.165, 1.54) is 4.90 Å². The summed E-state index contributed by atoms with van der Waals surface area (Å²) in [6.07, 6.45) is 1.98. The number of halogens is 1. The van der Waals surface area contributed by atoms with Gasteiger partial charge in [0.05, 0.1) is 6.04 Å². The molecule has 3 heterocycles. The van der Waals surface area contributed by atoms with Gasteiger partial charge in [-0.3, -0.25) is 0 Å². The van der Waals surface area contributed by atoms with Crippen molar-refractivity contribution in [1.82, 2.24) is 14.5 Å². The third-order valence-electron chi connectivity index (χ3n) is 3.36. The average Bonchev–Trinajstić information content (AvgIpc) is 2.93. The summed E-state index contributed by atoms with van der Waals surface area (Å²) in [7, 11) is 0. The number of aromatic nitrogens is 2. The lowest BCUT2D eigenvalue weighted by Gasteiger charge is -2.14. The van der Waals surface area contributed by atoms with Crippen LogP contribution in [-0.2, 0) is 0 Å². The Hall–Kier alpha value is -1.56. The van der Waals surface area contributed by atoms with Gasteiger partial charge in [-0.05, 0) is 40.5 Å². The first kappa shape index (κ1) is 11.5. The highest BCUT2D eigenvalue weighted by atomic mass is 79.9. The Morgan fingerprint density at radius 1 is 1.44 bits per heavy atom. The van der Waals surface area contributed by atoms with Crippen LogP contribution in [0.15, 0.2) is 29.0 Å². The molecule has 0 saturated carbocycles. The van der Waals surface area contributed by atoms with Gasteiger partial charge in [-0.2, -0.15) is 0 Å². The van der Waals surface area contributed by atoms with Crippen LogP contribution in [0.4, 0.5) is 4.79 Å². The quantitative estimate of drug-likeness (QED) is 0.824. The van der Waals surface area contributed by atoms with Crippen LogP contribution in [0.3, 0.4) is 0 Å². The molecule has 94 valence electrons. The Kier molecular flexibility index (Phi) is 2.74. The first-order valence-electron chi connectivity index (χ1n) is 5.76. The molecule has 2 aromatic heterocycles. The molecular weight excluding hydrogens is 298 g/mol. The standard InChI is InChI=1S/C12H12BrN3O2/c13-10-2-1-8-3-6-16(11(8)14-10)9-4-5-15(7-9)12(17)18/h1-3,6,9H,4-5,7H2,(H,17,18)/t9-/m1/s1. The van der Waals surface area contributed by atoms with Crippen molar-refractivity contribution in [3.8, 4) is 0 Å². The van der Waals surface area contributed by atoms with E-state index in [0.29, 0.717) is 13.1 Å². The van der Waals surface area contributed by atoms with Crippen LogP contribution in [0.2, 0.25) is 0 Å². The van der Waals surface area contributed by atoms with E-state index in [1.807, 2.05) is 24.4 Å². The van der Waals surface area contributed by atoms with Crippen molar-refractivity contribution in [1.29, 1.82) is 0 Å². The van der Waals surface area contributed by atoms with E-state index in [1.54, 1.807) is 0 Å². The Labute approximate surface area is 112 Å². The van der Waals surface area contributed by atoms with Gasteiger partial charge in [-0.1, -0.05) is 0 Å². The summed E-state index contributed by atoms with van der Waals surface area (Å²) < 4.78 is 2.87. The predicted octanol–water partition coefficient (Wildman–Crippen LogP) is 2.72. The third kappa shape index (κ3) is 1.86. The van der Waals surface area contributed by atoms with E-state index in [2.05, 4.69) is 25.5 Å². The van der Waals surface area contributed by atoms with Crippen LogP contribution in [0.1, 0.15) is 12.5 Å². The van der Waals surface area contributed by atoms with E-state index < -0.39 is 6.09 Å². The fraction of sp³-hybridized carbons (Fsp3) is 0.333. The molecule has 1 amide bonds. The topological polar surface area (TPSA) is 58.4 Å². The zero-order valence-corrected chi connectivity index (χ0v) is 11.2. The molecule has 2 aromatic rings. The molecule has 1 fully saturated rings. The molecule has 0 unspecified atom stereocenters. The fourth-order valence-corrected chi connectivity index (χ4v) is 2.74. The van der Waals surface area contributed by atoms with E-state index >= 15 is 0 Å². The van der Waals surface area contributed by atoms with E-state index in [0.717, 1.165) is 22.1 Å². The number of amides is 1. The zero-order chi connectivity index (χ0) is 12.7. The Morgan fingerprint density at radius 2 is 2.28 bits per heavy atom. The van der Waals surface area contributed by atoms with Gasteiger partial charge in [0.1, 0.15) is 10.3 Å². The maximum absolute atomic E-state index is 10.9. The van der Waals surface area contributed by atoms with Crippen molar-refractivity contribution in [2.45, 2.75) is 12.5 Å². The molecule has 1 aliphatic rings. The van der Waals surface area contributed by atoms with Crippen LogP contribution in [0, 0.1) is 0 Å². The van der Waals surface area contributed by atoms with Gasteiger partial charge in [-0.15, -0.1) is 0 Å². The summed E-state index contributed by atoms with van der Waals surface area (Å²) in [5.74, 6) is 0. The third-order valence-corrected chi connectivity index (χ3v) is 3.80. The van der Waals surface area contributed by atoms with Crippen molar-refractivity contribution >= 4 is 33.1 Å². The highest BCUT2D eigenvalue weighted by molar-refractivity contribution is 9.10. The normalized spacial score (nSPS) is 19.6. The Morgan fingerprint density at radius 3 is 3.00 bits per heavy atom. The zero-order valence-electron chi connectivity index (χ0n) is 9.58. The number of likely N-dealkylation sites (tertiary alicyclic amines) is 1. The van der Waals surface area contributed by atoms with Gasteiger partial charge in [0, 0.05) is 24.7 Å². The van der Waals surface area contributed by atoms with Gasteiger partial charge in [0.25, 0.3) is 0 Å². The maximum Gasteiger partial charge on any atom is 0.407 e. The lowest BCUT2D eigenvalue weighted by molar-refractivity contribution is 0.154.